The van der Waals surface area contributed by atoms with Gasteiger partial charge in [-0.3, -0.25) is 14.4 Å². The summed E-state index contributed by atoms with van der Waals surface area (Å²) in [5.74, 6) is -1.62. The number of Topliss-reactive ketones (excluding diaryl/α,β-unsaturated/α-hetero) is 1. The summed E-state index contributed by atoms with van der Waals surface area (Å²) < 4.78 is 5.61. The van der Waals surface area contributed by atoms with Crippen LogP contribution in [0.4, 0.5) is 0 Å². The van der Waals surface area contributed by atoms with Gasteiger partial charge in [-0.15, -0.1) is 11.3 Å². The predicted molar refractivity (Wildman–Crippen MR) is 87.4 cm³/mol. The molecule has 0 radical (unpaired) electrons. The second kappa shape index (κ2) is 7.89. The van der Waals surface area contributed by atoms with Crippen LogP contribution in [0.3, 0.4) is 0 Å². The first kappa shape index (κ1) is 17.2. The van der Waals surface area contributed by atoms with Crippen molar-refractivity contribution in [1.29, 1.82) is 0 Å². The Morgan fingerprint density at radius 3 is 2.35 bits per heavy atom. The number of esters is 1. The van der Waals surface area contributed by atoms with E-state index in [1.54, 1.807) is 42.5 Å². The summed E-state index contributed by atoms with van der Waals surface area (Å²) in [6.07, 6.45) is -1.31. The highest BCUT2D eigenvalue weighted by Gasteiger charge is 2.22. The number of nitrogens with two attached hydrogens (primary N) is 1. The van der Waals surface area contributed by atoms with Gasteiger partial charge in [0.25, 0.3) is 5.91 Å². The van der Waals surface area contributed by atoms with Gasteiger partial charge < -0.3 is 10.5 Å². The number of carbonyl (C=O) groups excluding carboxylic acids is 3. The highest BCUT2D eigenvalue weighted by atomic mass is 35.5. The molecule has 0 aliphatic carbocycles. The number of benzene rings is 1. The van der Waals surface area contributed by atoms with Crippen LogP contribution in [0.25, 0.3) is 0 Å². The van der Waals surface area contributed by atoms with Gasteiger partial charge in [0.2, 0.25) is 6.10 Å². The lowest BCUT2D eigenvalue weighted by Gasteiger charge is -2.14. The maximum Gasteiger partial charge on any atom is 0.307 e. The monoisotopic (exact) mass is 351 g/mol. The molecule has 1 unspecified atom stereocenters. The topological polar surface area (TPSA) is 86.5 Å². The highest BCUT2D eigenvalue weighted by Crippen LogP contribution is 2.23. The fourth-order valence-corrected chi connectivity index (χ4v) is 2.92. The van der Waals surface area contributed by atoms with Gasteiger partial charge in [0.1, 0.15) is 0 Å². The first-order chi connectivity index (χ1) is 11.0. The lowest BCUT2D eigenvalue weighted by molar-refractivity contribution is -0.155. The van der Waals surface area contributed by atoms with Crippen LogP contribution in [-0.2, 0) is 14.3 Å². The van der Waals surface area contributed by atoms with Crippen LogP contribution < -0.4 is 5.73 Å². The molecule has 1 amide bonds. The minimum atomic E-state index is -1.16. The number of carbonyl (C=O) groups is 3. The third-order valence-corrected chi connectivity index (χ3v) is 4.29. The van der Waals surface area contributed by atoms with Gasteiger partial charge in [0.15, 0.2) is 5.78 Å². The molecule has 1 aromatic carbocycles. The Bertz CT molecular complexity index is 714. The molecule has 2 N–H and O–H groups in total. The van der Waals surface area contributed by atoms with Crippen molar-refractivity contribution in [3.8, 4) is 0 Å². The molecule has 1 aromatic heterocycles. The Morgan fingerprint density at radius 2 is 1.78 bits per heavy atom. The van der Waals surface area contributed by atoms with Gasteiger partial charge in [0.05, 0.1) is 15.6 Å². The number of hydrogen-bond acceptors (Lipinski definition) is 5. The molecule has 0 fully saturated rings. The molecule has 7 heteroatoms. The van der Waals surface area contributed by atoms with Crippen LogP contribution in [0.15, 0.2) is 42.5 Å². The molecule has 2 rings (SSSR count). The van der Waals surface area contributed by atoms with Crippen molar-refractivity contribution in [2.75, 3.05) is 0 Å². The van der Waals surface area contributed by atoms with Gasteiger partial charge in [-0.2, -0.15) is 0 Å². The second-order valence-electron chi connectivity index (χ2n) is 4.71. The average molecular weight is 352 g/mol. The first-order valence-electron chi connectivity index (χ1n) is 6.79. The molecule has 5 nitrogen and oxygen atoms in total. The Hall–Kier alpha value is -2.18. The Balaban J connectivity index is 1.92. The van der Waals surface area contributed by atoms with Crippen LogP contribution >= 0.6 is 22.9 Å². The third-order valence-electron chi connectivity index (χ3n) is 3.01. The van der Waals surface area contributed by atoms with Crippen molar-refractivity contribution in [2.45, 2.75) is 18.9 Å². The molecule has 2 aromatic rings. The van der Waals surface area contributed by atoms with E-state index in [0.717, 1.165) is 11.3 Å². The number of amides is 1. The number of rotatable bonds is 7. The van der Waals surface area contributed by atoms with Crippen LogP contribution in [-0.4, -0.2) is 17.7 Å². The maximum atomic E-state index is 11.9. The van der Waals surface area contributed by atoms with E-state index in [1.807, 2.05) is 0 Å². The van der Waals surface area contributed by atoms with Gasteiger partial charge in [-0.25, -0.2) is 0 Å². The van der Waals surface area contributed by atoms with E-state index >= 15 is 0 Å². The molecular formula is C16H14ClNO4S. The summed E-state index contributed by atoms with van der Waals surface area (Å²) >= 11 is 6.91. The van der Waals surface area contributed by atoms with Crippen molar-refractivity contribution >= 4 is 40.6 Å². The summed E-state index contributed by atoms with van der Waals surface area (Å²) in [6.45, 7) is 0. The van der Waals surface area contributed by atoms with Crippen LogP contribution in [0.1, 0.15) is 34.2 Å². The molecule has 0 aliphatic heterocycles. The van der Waals surface area contributed by atoms with Crippen molar-refractivity contribution in [3.05, 3.63) is 57.2 Å². The largest absolute Gasteiger partial charge is 0.447 e. The smallest absolute Gasteiger partial charge is 0.307 e. The van der Waals surface area contributed by atoms with Crippen molar-refractivity contribution < 1.29 is 19.1 Å². The predicted octanol–water partition coefficient (Wildman–Crippen LogP) is 3.13. The zero-order chi connectivity index (χ0) is 16.8. The van der Waals surface area contributed by atoms with E-state index in [-0.39, 0.29) is 18.6 Å². The molecule has 23 heavy (non-hydrogen) atoms. The molecule has 0 saturated carbocycles. The number of ether oxygens (including phenoxy) is 1. The normalized spacial score (nSPS) is 11.7. The van der Waals surface area contributed by atoms with E-state index in [2.05, 4.69) is 0 Å². The molecular weight excluding hydrogens is 338 g/mol. The Labute approximate surface area is 142 Å². The van der Waals surface area contributed by atoms with E-state index in [1.165, 1.54) is 0 Å². The Kier molecular flexibility index (Phi) is 5.90. The number of primary amides is 1. The molecule has 0 bridgehead atoms. The lowest BCUT2D eigenvalue weighted by atomic mass is 10.1. The van der Waals surface area contributed by atoms with Gasteiger partial charge in [-0.05, 0) is 12.1 Å². The van der Waals surface area contributed by atoms with E-state index in [9.17, 15) is 14.4 Å². The van der Waals surface area contributed by atoms with Crippen molar-refractivity contribution in [2.24, 2.45) is 5.73 Å². The maximum absolute atomic E-state index is 11.9. The summed E-state index contributed by atoms with van der Waals surface area (Å²) in [5.41, 5.74) is 5.76. The molecule has 1 atom stereocenters. The highest BCUT2D eigenvalue weighted by molar-refractivity contribution is 7.18. The van der Waals surface area contributed by atoms with Crippen LogP contribution in [0.5, 0.6) is 0 Å². The Morgan fingerprint density at radius 1 is 1.09 bits per heavy atom. The molecule has 0 aliphatic rings. The minimum absolute atomic E-state index is 0.0179. The van der Waals surface area contributed by atoms with E-state index in [0.29, 0.717) is 14.8 Å². The summed E-state index contributed by atoms with van der Waals surface area (Å²) in [6, 6.07) is 11.7. The van der Waals surface area contributed by atoms with Crippen LogP contribution in [0.2, 0.25) is 4.34 Å². The summed E-state index contributed by atoms with van der Waals surface area (Å²) in [7, 11) is 0. The van der Waals surface area contributed by atoms with Crippen molar-refractivity contribution in [3.63, 3.8) is 0 Å². The number of thiophene rings is 1. The number of ketones is 1. The average Bonchev–Trinajstić information content (AvgIpc) is 2.97. The minimum Gasteiger partial charge on any atom is -0.447 e. The molecule has 120 valence electrons. The molecule has 0 spiro atoms. The van der Waals surface area contributed by atoms with Crippen molar-refractivity contribution in [1.82, 2.24) is 0 Å². The number of hydrogen-bond donors (Lipinski definition) is 1. The lowest BCUT2D eigenvalue weighted by Crippen LogP contribution is -2.26. The standard InChI is InChI=1S/C16H14ClNO4S/c17-13-8-7-12(23-13)11(19)6-9-14(20)22-15(16(18)21)10-4-2-1-3-5-10/h1-5,7-8,15H,6,9H2,(H2,18,21). The van der Waals surface area contributed by atoms with Crippen LogP contribution in [0, 0.1) is 0 Å². The fourth-order valence-electron chi connectivity index (χ4n) is 1.91. The van der Waals surface area contributed by atoms with Gasteiger partial charge in [0, 0.05) is 12.0 Å². The summed E-state index contributed by atoms with van der Waals surface area (Å²) in [5, 5.41) is 0. The van der Waals surface area contributed by atoms with Gasteiger partial charge in [-0.1, -0.05) is 41.9 Å². The van der Waals surface area contributed by atoms with E-state index in [4.69, 9.17) is 22.1 Å². The van der Waals surface area contributed by atoms with E-state index < -0.39 is 18.0 Å². The third kappa shape index (κ3) is 4.91. The second-order valence-corrected chi connectivity index (χ2v) is 6.42. The van der Waals surface area contributed by atoms with Gasteiger partial charge >= 0.3 is 5.97 Å². The molecule has 1 heterocycles. The molecule has 0 saturated heterocycles. The quantitative estimate of drug-likeness (QED) is 0.613. The zero-order valence-electron chi connectivity index (χ0n) is 12.0. The number of halogens is 1. The first-order valence-corrected chi connectivity index (χ1v) is 7.99. The summed E-state index contributed by atoms with van der Waals surface area (Å²) in [4.78, 5) is 35.7. The fraction of sp³-hybridized carbons (Fsp3) is 0.188. The zero-order valence-corrected chi connectivity index (χ0v) is 13.6. The SMILES string of the molecule is NC(=O)C(OC(=O)CCC(=O)c1ccc(Cl)s1)c1ccccc1.